The first-order chi connectivity index (χ1) is 6.95. The van der Waals surface area contributed by atoms with Gasteiger partial charge in [-0.1, -0.05) is 6.42 Å². The van der Waals surface area contributed by atoms with Crippen molar-refractivity contribution >= 4 is 0 Å². The second kappa shape index (κ2) is 5.02. The maximum absolute atomic E-state index is 4.21. The summed E-state index contributed by atoms with van der Waals surface area (Å²) in [5.74, 6) is 0. The Morgan fingerprint density at radius 1 is 1.21 bits per heavy atom. The van der Waals surface area contributed by atoms with E-state index in [4.69, 9.17) is 0 Å². The van der Waals surface area contributed by atoms with Gasteiger partial charge in [0.05, 0.1) is 12.2 Å². The highest BCUT2D eigenvalue weighted by Crippen LogP contribution is 2.06. The second-order valence-corrected chi connectivity index (χ2v) is 3.58. The van der Waals surface area contributed by atoms with E-state index in [2.05, 4.69) is 20.4 Å². The van der Waals surface area contributed by atoms with Crippen molar-refractivity contribution in [2.45, 2.75) is 25.8 Å². The third kappa shape index (κ3) is 2.75. The highest BCUT2D eigenvalue weighted by molar-refractivity contribution is 4.93. The van der Waals surface area contributed by atoms with Crippen LogP contribution in [0, 0.1) is 0 Å². The molecule has 0 aliphatic carbocycles. The quantitative estimate of drug-likeness (QED) is 0.774. The van der Waals surface area contributed by atoms with Gasteiger partial charge in [0.15, 0.2) is 0 Å². The lowest BCUT2D eigenvalue weighted by molar-refractivity contribution is 0.150. The number of hydrogen-bond donors (Lipinski definition) is 1. The van der Waals surface area contributed by atoms with Crippen molar-refractivity contribution in [1.82, 2.24) is 20.4 Å². The molecule has 1 fully saturated rings. The summed E-state index contributed by atoms with van der Waals surface area (Å²) in [5, 5.41) is 2.28. The zero-order valence-corrected chi connectivity index (χ0v) is 8.32. The van der Waals surface area contributed by atoms with Gasteiger partial charge in [0, 0.05) is 31.7 Å². The molecule has 2 heterocycles. The Kier molecular flexibility index (Phi) is 3.43. The number of hydrogen-bond acceptors (Lipinski definition) is 4. The molecule has 1 aliphatic rings. The average Bonchev–Trinajstić information content (AvgIpc) is 2.29. The van der Waals surface area contributed by atoms with Crippen LogP contribution < -0.4 is 5.43 Å². The highest BCUT2D eigenvalue weighted by Gasteiger charge is 2.08. The van der Waals surface area contributed by atoms with E-state index in [1.807, 2.05) is 0 Å². The number of aromatic nitrogens is 2. The summed E-state index contributed by atoms with van der Waals surface area (Å²) in [5.41, 5.74) is 4.37. The highest BCUT2D eigenvalue weighted by atomic mass is 15.5. The van der Waals surface area contributed by atoms with Gasteiger partial charge >= 0.3 is 0 Å². The van der Waals surface area contributed by atoms with Crippen molar-refractivity contribution in [3.05, 3.63) is 24.3 Å². The Labute approximate surface area is 84.3 Å². The molecule has 4 nitrogen and oxygen atoms in total. The van der Waals surface area contributed by atoms with E-state index in [1.165, 1.54) is 19.3 Å². The minimum atomic E-state index is 0.786. The van der Waals surface area contributed by atoms with Gasteiger partial charge in [-0.2, -0.15) is 0 Å². The molecule has 1 saturated heterocycles. The molecule has 0 saturated carbocycles. The number of nitrogens with zero attached hydrogens (tertiary/aromatic N) is 3. The van der Waals surface area contributed by atoms with Gasteiger partial charge in [-0.25, -0.2) is 10.4 Å². The van der Waals surface area contributed by atoms with Gasteiger partial charge in [0.2, 0.25) is 0 Å². The summed E-state index contributed by atoms with van der Waals surface area (Å²) in [6.45, 7) is 3.09. The van der Waals surface area contributed by atoms with E-state index in [9.17, 15) is 0 Å². The molecular weight excluding hydrogens is 176 g/mol. The smallest absolute Gasteiger partial charge is 0.0738 e. The van der Waals surface area contributed by atoms with Crippen LogP contribution in [0.5, 0.6) is 0 Å². The summed E-state index contributed by atoms with van der Waals surface area (Å²) in [7, 11) is 0. The summed E-state index contributed by atoms with van der Waals surface area (Å²) in [6.07, 6.45) is 9.19. The standard InChI is InChI=1S/C10H16N4/c1-2-6-14(7-3-1)13-9-10-8-11-4-5-12-10/h4-5,8,13H,1-3,6-7,9H2. The maximum Gasteiger partial charge on any atom is 0.0738 e. The fourth-order valence-electron chi connectivity index (χ4n) is 1.67. The lowest BCUT2D eigenvalue weighted by Gasteiger charge is -2.26. The predicted molar refractivity (Wildman–Crippen MR) is 54.3 cm³/mol. The fourth-order valence-corrected chi connectivity index (χ4v) is 1.67. The summed E-state index contributed by atoms with van der Waals surface area (Å²) >= 11 is 0. The molecule has 1 aliphatic heterocycles. The van der Waals surface area contributed by atoms with Crippen molar-refractivity contribution in [3.8, 4) is 0 Å². The van der Waals surface area contributed by atoms with Gasteiger partial charge in [0.1, 0.15) is 0 Å². The van der Waals surface area contributed by atoms with Crippen LogP contribution in [0.3, 0.4) is 0 Å². The monoisotopic (exact) mass is 192 g/mol. The van der Waals surface area contributed by atoms with E-state index in [1.54, 1.807) is 18.6 Å². The van der Waals surface area contributed by atoms with Crippen molar-refractivity contribution < 1.29 is 0 Å². The van der Waals surface area contributed by atoms with Crippen molar-refractivity contribution in [2.24, 2.45) is 0 Å². The summed E-state index contributed by atoms with van der Waals surface area (Å²) in [6, 6.07) is 0. The Bertz CT molecular complexity index is 256. The van der Waals surface area contributed by atoms with Crippen LogP contribution in [0.25, 0.3) is 0 Å². The Morgan fingerprint density at radius 3 is 2.79 bits per heavy atom. The average molecular weight is 192 g/mol. The predicted octanol–water partition coefficient (Wildman–Crippen LogP) is 0.967. The van der Waals surface area contributed by atoms with E-state index >= 15 is 0 Å². The zero-order valence-electron chi connectivity index (χ0n) is 8.32. The van der Waals surface area contributed by atoms with Crippen LogP contribution in [0.4, 0.5) is 0 Å². The van der Waals surface area contributed by atoms with Gasteiger partial charge in [-0.15, -0.1) is 0 Å². The van der Waals surface area contributed by atoms with E-state index in [-0.39, 0.29) is 0 Å². The summed E-state index contributed by atoms with van der Waals surface area (Å²) in [4.78, 5) is 8.24. The third-order valence-corrected chi connectivity index (χ3v) is 2.46. The summed E-state index contributed by atoms with van der Waals surface area (Å²) < 4.78 is 0. The number of hydrazine groups is 1. The van der Waals surface area contributed by atoms with E-state index < -0.39 is 0 Å². The minimum absolute atomic E-state index is 0.786. The van der Waals surface area contributed by atoms with Crippen LogP contribution in [-0.2, 0) is 6.54 Å². The molecule has 2 rings (SSSR count). The van der Waals surface area contributed by atoms with E-state index in [0.717, 1.165) is 25.3 Å². The van der Waals surface area contributed by atoms with Crippen molar-refractivity contribution in [3.63, 3.8) is 0 Å². The topological polar surface area (TPSA) is 41.1 Å². The Morgan fingerprint density at radius 2 is 2.07 bits per heavy atom. The molecule has 1 aromatic heterocycles. The Balaban J connectivity index is 1.76. The maximum atomic E-state index is 4.21. The number of rotatable bonds is 3. The molecule has 0 radical (unpaired) electrons. The minimum Gasteiger partial charge on any atom is -0.261 e. The largest absolute Gasteiger partial charge is 0.261 e. The second-order valence-electron chi connectivity index (χ2n) is 3.58. The first kappa shape index (κ1) is 9.55. The zero-order chi connectivity index (χ0) is 9.64. The molecule has 1 aromatic rings. The van der Waals surface area contributed by atoms with Crippen LogP contribution >= 0.6 is 0 Å². The fraction of sp³-hybridized carbons (Fsp3) is 0.600. The molecule has 0 aromatic carbocycles. The van der Waals surface area contributed by atoms with Gasteiger partial charge in [0.25, 0.3) is 0 Å². The molecule has 0 spiro atoms. The molecule has 1 N–H and O–H groups in total. The van der Waals surface area contributed by atoms with Crippen LogP contribution in [0.1, 0.15) is 25.0 Å². The number of nitrogens with one attached hydrogen (secondary N) is 1. The van der Waals surface area contributed by atoms with Crippen molar-refractivity contribution in [2.75, 3.05) is 13.1 Å². The first-order valence-electron chi connectivity index (χ1n) is 5.18. The molecule has 4 heteroatoms. The lowest BCUT2D eigenvalue weighted by atomic mass is 10.2. The van der Waals surface area contributed by atoms with Crippen LogP contribution in [0.2, 0.25) is 0 Å². The Hall–Kier alpha value is -1.00. The van der Waals surface area contributed by atoms with E-state index in [0.29, 0.717) is 0 Å². The van der Waals surface area contributed by atoms with Gasteiger partial charge < -0.3 is 0 Å². The first-order valence-corrected chi connectivity index (χ1v) is 5.18. The normalized spacial score (nSPS) is 18.3. The SMILES string of the molecule is c1cnc(CNN2CCCCC2)cn1. The van der Waals surface area contributed by atoms with Crippen LogP contribution in [-0.4, -0.2) is 28.1 Å². The van der Waals surface area contributed by atoms with Crippen LogP contribution in [0.15, 0.2) is 18.6 Å². The molecule has 0 unspecified atom stereocenters. The molecule has 0 amide bonds. The van der Waals surface area contributed by atoms with Gasteiger partial charge in [-0.3, -0.25) is 9.97 Å². The molecule has 76 valence electrons. The molecule has 0 atom stereocenters. The lowest BCUT2D eigenvalue weighted by Crippen LogP contribution is -2.41. The van der Waals surface area contributed by atoms with Crippen molar-refractivity contribution in [1.29, 1.82) is 0 Å². The molecular formula is C10H16N4. The third-order valence-electron chi connectivity index (χ3n) is 2.46. The number of piperidine rings is 1. The molecule has 14 heavy (non-hydrogen) atoms. The van der Waals surface area contributed by atoms with Gasteiger partial charge in [-0.05, 0) is 12.8 Å². The molecule has 0 bridgehead atoms.